The van der Waals surface area contributed by atoms with Gasteiger partial charge in [0.05, 0.1) is 11.5 Å². The van der Waals surface area contributed by atoms with E-state index in [1.807, 2.05) is 20.8 Å². The fraction of sp³-hybridized carbons (Fsp3) is 1.00. The molecule has 0 radical (unpaired) electrons. The van der Waals surface area contributed by atoms with Gasteiger partial charge in [-0.15, -0.1) is 0 Å². The minimum atomic E-state index is -3.20. The Morgan fingerprint density at radius 2 is 1.53 bits per heavy atom. The summed E-state index contributed by atoms with van der Waals surface area (Å²) in [5, 5.41) is 0. The summed E-state index contributed by atoms with van der Waals surface area (Å²) in [6.07, 6.45) is 0.589. The summed E-state index contributed by atoms with van der Waals surface area (Å²) in [4.78, 5) is 0. The molecular weight excluding hydrogens is 312 g/mol. The smallest absolute Gasteiger partial charge is 0.232 e. The number of halogens is 1. The van der Waals surface area contributed by atoms with Gasteiger partial charge in [0, 0.05) is 29.8 Å². The highest BCUT2D eigenvalue weighted by Gasteiger charge is 2.27. The molecule has 6 nitrogen and oxygen atoms in total. The average Bonchev–Trinajstić information content (AvgIpc) is 2.14. The first kappa shape index (κ1) is 21.4. The molecule has 0 aromatic carbocycles. The first-order chi connectivity index (χ1) is 8.28. The maximum absolute atomic E-state index is 11.4. The Balaban J connectivity index is 0. The van der Waals surface area contributed by atoms with Crippen molar-refractivity contribution < 1.29 is 16.8 Å². The summed E-state index contributed by atoms with van der Waals surface area (Å²) >= 11 is 0. The molecule has 19 heavy (non-hydrogen) atoms. The summed E-state index contributed by atoms with van der Waals surface area (Å²) in [6.45, 7) is 7.48. The number of sulfonamides is 1. The molecule has 0 heterocycles. The van der Waals surface area contributed by atoms with Crippen molar-refractivity contribution in [2.75, 3.05) is 25.1 Å². The molecule has 0 bridgehead atoms. The number of nitrogens with zero attached hydrogens (tertiary/aromatic N) is 1. The number of hydrogen-bond donors (Lipinski definition) is 1. The number of rotatable bonds is 5. The monoisotopic (exact) mass is 336 g/mol. The van der Waals surface area contributed by atoms with Crippen molar-refractivity contribution in [1.29, 1.82) is 0 Å². The minimum absolute atomic E-state index is 0.0147. The lowest BCUT2D eigenvalue weighted by Crippen LogP contribution is -2.44. The molecule has 118 valence electrons. The van der Waals surface area contributed by atoms with E-state index in [-0.39, 0.29) is 23.6 Å². The van der Waals surface area contributed by atoms with Gasteiger partial charge >= 0.3 is 0 Å². The van der Waals surface area contributed by atoms with Gasteiger partial charge in [-0.3, -0.25) is 0 Å². The van der Waals surface area contributed by atoms with Crippen LogP contribution in [0.2, 0.25) is 0 Å². The van der Waals surface area contributed by atoms with Crippen molar-refractivity contribution in [2.45, 2.75) is 39.7 Å². The Labute approximate surface area is 121 Å². The Kier molecular flexibility index (Phi) is 9.47. The topological polar surface area (TPSA) is 97.5 Å². The molecule has 0 fully saturated rings. The summed E-state index contributed by atoms with van der Waals surface area (Å²) in [7, 11) is 0.0182. The fourth-order valence-corrected chi connectivity index (χ4v) is 3.30. The van der Waals surface area contributed by atoms with E-state index < -0.39 is 19.1 Å². The van der Waals surface area contributed by atoms with Crippen LogP contribution in [0.25, 0.3) is 0 Å². The van der Waals surface area contributed by atoms with E-state index in [2.05, 4.69) is 0 Å². The van der Waals surface area contributed by atoms with Gasteiger partial charge in [-0.2, -0.15) is 4.31 Å². The van der Waals surface area contributed by atoms with Crippen molar-refractivity contribution in [3.8, 4) is 0 Å². The Hall–Kier alpha value is 0.110. The first-order valence-corrected chi connectivity index (χ1v) is 9.95. The van der Waals surface area contributed by atoms with Crippen LogP contribution in [-0.2, 0) is 19.1 Å². The van der Waals surface area contributed by atoms with E-state index in [1.54, 1.807) is 14.0 Å². The van der Waals surface area contributed by atoms with Gasteiger partial charge in [0.25, 0.3) is 0 Å². The summed E-state index contributed by atoms with van der Waals surface area (Å²) in [5.41, 5.74) is 4.82. The maximum Gasteiger partial charge on any atom is 0.232 e. The van der Waals surface area contributed by atoms with Gasteiger partial charge in [-0.1, -0.05) is 6.92 Å². The molecule has 0 saturated carbocycles. The number of hydrogen-bond acceptors (Lipinski definition) is 5. The third kappa shape index (κ3) is 11.6. The predicted octanol–water partition coefficient (Wildman–Crippen LogP) is 0.970. The third-order valence-corrected chi connectivity index (χ3v) is 5.68. The molecule has 9 heteroatoms. The van der Waals surface area contributed by atoms with E-state index in [1.165, 1.54) is 4.31 Å². The van der Waals surface area contributed by atoms with Crippen LogP contribution in [0, 0.1) is 0 Å². The van der Waals surface area contributed by atoms with Crippen LogP contribution in [0.4, 0.5) is 0 Å². The molecule has 0 atom stereocenters. The molecular formula is C10H25ClN2O4S2. The lowest BCUT2D eigenvalue weighted by atomic mass is 10.1. The van der Waals surface area contributed by atoms with E-state index in [0.29, 0.717) is 6.42 Å². The molecule has 2 N–H and O–H groups in total. The van der Waals surface area contributed by atoms with Crippen LogP contribution in [0.3, 0.4) is 0 Å². The Morgan fingerprint density at radius 1 is 1.11 bits per heavy atom. The molecule has 0 aromatic rings. The predicted molar refractivity (Wildman–Crippen MR) is 80.3 cm³/mol. The van der Waals surface area contributed by atoms with E-state index >= 15 is 0 Å². The molecule has 0 aliphatic carbocycles. The molecule has 0 unspecified atom stereocenters. The van der Waals surface area contributed by atoms with Crippen molar-refractivity contribution in [2.24, 2.45) is 5.73 Å². The molecule has 0 aromatic heterocycles. The average molecular weight is 337 g/mol. The van der Waals surface area contributed by atoms with E-state index in [9.17, 15) is 16.8 Å². The van der Waals surface area contributed by atoms with Crippen LogP contribution in [0.1, 0.15) is 34.1 Å². The van der Waals surface area contributed by atoms with Crippen LogP contribution >= 0.6 is 10.7 Å². The van der Waals surface area contributed by atoms with Gasteiger partial charge < -0.3 is 5.73 Å². The SMILES string of the molecule is CCCS(=O)(=O)Cl.CN(C(C)(C)C)S(=O)(=O)CCN. The van der Waals surface area contributed by atoms with Crippen molar-refractivity contribution in [3.05, 3.63) is 0 Å². The van der Waals surface area contributed by atoms with Gasteiger partial charge in [0.1, 0.15) is 0 Å². The molecule has 0 rings (SSSR count). The second-order valence-electron chi connectivity index (χ2n) is 4.99. The van der Waals surface area contributed by atoms with Crippen molar-refractivity contribution >= 4 is 29.8 Å². The summed E-state index contributed by atoms with van der Waals surface area (Å²) in [6, 6.07) is 0. The second kappa shape index (κ2) is 8.41. The van der Waals surface area contributed by atoms with Gasteiger partial charge in [0.15, 0.2) is 0 Å². The highest BCUT2D eigenvalue weighted by Crippen LogP contribution is 2.14. The largest absolute Gasteiger partial charge is 0.329 e. The van der Waals surface area contributed by atoms with Crippen LogP contribution in [-0.4, -0.2) is 51.8 Å². The molecule has 0 spiro atoms. The molecule has 0 saturated heterocycles. The lowest BCUT2D eigenvalue weighted by molar-refractivity contribution is 0.292. The second-order valence-corrected chi connectivity index (χ2v) is 10.0. The summed E-state index contributed by atoms with van der Waals surface area (Å²) in [5.74, 6) is 0.0926. The van der Waals surface area contributed by atoms with Crippen molar-refractivity contribution in [1.82, 2.24) is 4.31 Å². The normalized spacial score (nSPS) is 13.1. The zero-order chi connectivity index (χ0) is 15.9. The van der Waals surface area contributed by atoms with Crippen LogP contribution in [0.15, 0.2) is 0 Å². The highest BCUT2D eigenvalue weighted by molar-refractivity contribution is 8.13. The van der Waals surface area contributed by atoms with E-state index in [4.69, 9.17) is 16.4 Å². The summed E-state index contributed by atoms with van der Waals surface area (Å²) < 4.78 is 44.2. The third-order valence-electron chi connectivity index (χ3n) is 2.19. The van der Waals surface area contributed by atoms with Crippen molar-refractivity contribution in [3.63, 3.8) is 0 Å². The van der Waals surface area contributed by atoms with Gasteiger partial charge in [0.2, 0.25) is 19.1 Å². The zero-order valence-corrected chi connectivity index (χ0v) is 14.6. The zero-order valence-electron chi connectivity index (χ0n) is 12.2. The van der Waals surface area contributed by atoms with Crippen LogP contribution in [0.5, 0.6) is 0 Å². The highest BCUT2D eigenvalue weighted by atomic mass is 35.7. The molecule has 0 aliphatic heterocycles. The van der Waals surface area contributed by atoms with Gasteiger partial charge in [-0.05, 0) is 27.2 Å². The Bertz CT molecular complexity index is 441. The molecule has 0 amide bonds. The quantitative estimate of drug-likeness (QED) is 0.754. The maximum atomic E-state index is 11.4. The number of nitrogens with two attached hydrogens (primary N) is 1. The first-order valence-electron chi connectivity index (χ1n) is 5.87. The molecule has 0 aliphatic rings. The van der Waals surface area contributed by atoms with E-state index in [0.717, 1.165) is 0 Å². The fourth-order valence-electron chi connectivity index (χ4n) is 0.947. The standard InChI is InChI=1S/C7H18N2O2S.C3H7ClO2S/c1-7(2,3)9(4)12(10,11)6-5-8;1-2-3-7(4,5)6/h5-6,8H2,1-4H3;2-3H2,1H3. The van der Waals surface area contributed by atoms with Gasteiger partial charge in [-0.25, -0.2) is 16.8 Å². The van der Waals surface area contributed by atoms with Crippen LogP contribution < -0.4 is 5.73 Å². The minimum Gasteiger partial charge on any atom is -0.329 e. The Morgan fingerprint density at radius 3 is 1.68 bits per heavy atom. The lowest BCUT2D eigenvalue weighted by Gasteiger charge is -2.30.